The predicted molar refractivity (Wildman–Crippen MR) is 68.3 cm³/mol. The van der Waals surface area contributed by atoms with Gasteiger partial charge in [0.25, 0.3) is 0 Å². The van der Waals surface area contributed by atoms with Crippen LogP contribution in [0, 0.1) is 5.82 Å². The second-order valence-electron chi connectivity index (χ2n) is 4.24. The van der Waals surface area contributed by atoms with Crippen molar-refractivity contribution in [3.63, 3.8) is 0 Å². The maximum atomic E-state index is 13.2. The average Bonchev–Trinajstić information content (AvgIpc) is 2.39. The molecule has 0 amide bonds. The molecule has 0 spiro atoms. The van der Waals surface area contributed by atoms with Crippen molar-refractivity contribution in [2.75, 3.05) is 0 Å². The van der Waals surface area contributed by atoms with Gasteiger partial charge in [-0.2, -0.15) is 4.57 Å². The Bertz CT molecular complexity index is 728. The van der Waals surface area contributed by atoms with Crippen LogP contribution in [0.5, 0.6) is 0 Å². The van der Waals surface area contributed by atoms with Gasteiger partial charge in [0, 0.05) is 11.6 Å². The molecule has 0 aliphatic carbocycles. The van der Waals surface area contributed by atoms with Gasteiger partial charge in [0.1, 0.15) is 24.1 Å². The normalized spacial score (nSPS) is 10.2. The topological polar surface area (TPSA) is 16.8 Å². The molecule has 3 aromatic rings. The van der Waals surface area contributed by atoms with Gasteiger partial charge in [0.2, 0.25) is 5.52 Å². The zero-order chi connectivity index (χ0) is 12.5. The summed E-state index contributed by atoms with van der Waals surface area (Å²) in [5.41, 5.74) is 3.52. The number of benzene rings is 2. The highest BCUT2D eigenvalue weighted by atomic mass is 127. The first-order valence-electron chi connectivity index (χ1n) is 5.75. The molecular weight excluding hydrogens is 354 g/mol. The molecule has 0 atom stereocenters. The van der Waals surface area contributed by atoms with E-state index in [0.717, 1.165) is 22.3 Å². The summed E-state index contributed by atoms with van der Waals surface area (Å²) in [4.78, 5) is 4.56. The number of fused-ring (bicyclic) bond motifs is 1. The van der Waals surface area contributed by atoms with Crippen LogP contribution in [0.3, 0.4) is 0 Å². The second-order valence-corrected chi connectivity index (χ2v) is 4.24. The van der Waals surface area contributed by atoms with Crippen molar-refractivity contribution < 1.29 is 32.9 Å². The molecule has 0 radical (unpaired) electrons. The van der Waals surface area contributed by atoms with Crippen molar-refractivity contribution in [1.82, 2.24) is 4.98 Å². The lowest BCUT2D eigenvalue weighted by Crippen LogP contribution is -3.00. The van der Waals surface area contributed by atoms with Gasteiger partial charge in [0.15, 0.2) is 6.20 Å². The van der Waals surface area contributed by atoms with Gasteiger partial charge in [-0.1, -0.05) is 24.3 Å². The van der Waals surface area contributed by atoms with Crippen LogP contribution in [0.4, 0.5) is 4.39 Å². The molecule has 1 heterocycles. The molecule has 0 bridgehead atoms. The fraction of sp³-hybridized carbons (Fsp3) is 0.0667. The minimum absolute atomic E-state index is 0. The third kappa shape index (κ3) is 2.73. The molecule has 4 heteroatoms. The minimum atomic E-state index is -0.245. The van der Waals surface area contributed by atoms with Crippen molar-refractivity contribution in [2.24, 2.45) is 7.05 Å². The van der Waals surface area contributed by atoms with Crippen LogP contribution in [-0.4, -0.2) is 4.98 Å². The van der Waals surface area contributed by atoms with E-state index >= 15 is 0 Å². The number of rotatable bonds is 1. The number of aromatic nitrogens is 2. The summed E-state index contributed by atoms with van der Waals surface area (Å²) in [6.07, 6.45) is 1.91. The number of hydrogen-bond donors (Lipinski definition) is 0. The molecule has 0 saturated carbocycles. The lowest BCUT2D eigenvalue weighted by atomic mass is 10.1. The van der Waals surface area contributed by atoms with Gasteiger partial charge in [-0.15, -0.1) is 0 Å². The number of nitrogens with zero attached hydrogens (tertiary/aromatic N) is 2. The van der Waals surface area contributed by atoms with E-state index < -0.39 is 0 Å². The van der Waals surface area contributed by atoms with E-state index in [0.29, 0.717) is 0 Å². The van der Waals surface area contributed by atoms with Gasteiger partial charge >= 0.3 is 0 Å². The average molecular weight is 366 g/mol. The summed E-state index contributed by atoms with van der Waals surface area (Å²) in [6.45, 7) is 0. The van der Waals surface area contributed by atoms with Crippen LogP contribution in [0.2, 0.25) is 0 Å². The van der Waals surface area contributed by atoms with Gasteiger partial charge in [-0.25, -0.2) is 9.37 Å². The summed E-state index contributed by atoms with van der Waals surface area (Å²) in [6, 6.07) is 14.4. The fourth-order valence-corrected chi connectivity index (χ4v) is 2.06. The first-order chi connectivity index (χ1) is 8.74. The molecule has 19 heavy (non-hydrogen) atoms. The van der Waals surface area contributed by atoms with E-state index in [1.54, 1.807) is 6.07 Å². The highest BCUT2D eigenvalue weighted by Gasteiger charge is 2.10. The van der Waals surface area contributed by atoms with Crippen molar-refractivity contribution in [1.29, 1.82) is 0 Å². The molecule has 2 nitrogen and oxygen atoms in total. The molecule has 96 valence electrons. The minimum Gasteiger partial charge on any atom is -1.00 e. The lowest BCUT2D eigenvalue weighted by molar-refractivity contribution is -0.644. The number of aryl methyl sites for hydroxylation is 1. The molecule has 0 saturated heterocycles. The Balaban J connectivity index is 0.00000133. The molecule has 0 aliphatic rings. The largest absolute Gasteiger partial charge is 1.00 e. The van der Waals surface area contributed by atoms with Crippen LogP contribution in [-0.2, 0) is 7.05 Å². The van der Waals surface area contributed by atoms with Crippen LogP contribution in [0.25, 0.3) is 22.3 Å². The summed E-state index contributed by atoms with van der Waals surface area (Å²) in [5, 5.41) is 0. The number of hydrogen-bond acceptors (Lipinski definition) is 1. The first kappa shape index (κ1) is 13.9. The number of halogens is 2. The van der Waals surface area contributed by atoms with Gasteiger partial charge in [0.05, 0.1) is 0 Å². The maximum Gasteiger partial charge on any atom is 0.230 e. The monoisotopic (exact) mass is 366 g/mol. The summed E-state index contributed by atoms with van der Waals surface area (Å²) >= 11 is 0. The van der Waals surface area contributed by atoms with Gasteiger partial charge < -0.3 is 24.0 Å². The van der Waals surface area contributed by atoms with E-state index in [1.165, 1.54) is 12.1 Å². The Morgan fingerprint density at radius 3 is 2.63 bits per heavy atom. The zero-order valence-corrected chi connectivity index (χ0v) is 12.5. The summed E-state index contributed by atoms with van der Waals surface area (Å²) in [7, 11) is 1.97. The second kappa shape index (κ2) is 5.61. The lowest BCUT2D eigenvalue weighted by Gasteiger charge is -2.02. The highest BCUT2D eigenvalue weighted by molar-refractivity contribution is 5.73. The van der Waals surface area contributed by atoms with Crippen LogP contribution in [0.1, 0.15) is 0 Å². The molecule has 0 aliphatic heterocycles. The quantitative estimate of drug-likeness (QED) is 0.433. The molecule has 1 aromatic heterocycles. The molecule has 0 unspecified atom stereocenters. The molecule has 2 aromatic carbocycles. The van der Waals surface area contributed by atoms with Crippen molar-refractivity contribution in [3.05, 3.63) is 60.5 Å². The van der Waals surface area contributed by atoms with Crippen LogP contribution in [0.15, 0.2) is 54.7 Å². The third-order valence-corrected chi connectivity index (χ3v) is 2.94. The molecular formula is C15H12FIN2. The zero-order valence-electron chi connectivity index (χ0n) is 10.3. The van der Waals surface area contributed by atoms with Crippen LogP contribution >= 0.6 is 0 Å². The third-order valence-electron chi connectivity index (χ3n) is 2.94. The molecule has 0 fully saturated rings. The van der Waals surface area contributed by atoms with E-state index in [2.05, 4.69) is 4.98 Å². The fourth-order valence-electron chi connectivity index (χ4n) is 2.06. The van der Waals surface area contributed by atoms with Crippen LogP contribution < -0.4 is 28.5 Å². The predicted octanol–water partition coefficient (Wildman–Crippen LogP) is -0.131. The highest BCUT2D eigenvalue weighted by Crippen LogP contribution is 2.18. The Kier molecular flexibility index (Phi) is 4.09. The van der Waals surface area contributed by atoms with E-state index in [4.69, 9.17) is 0 Å². The smallest absolute Gasteiger partial charge is 0.230 e. The molecule has 0 N–H and O–H groups in total. The van der Waals surface area contributed by atoms with Gasteiger partial charge in [-0.05, 0) is 18.2 Å². The Morgan fingerprint density at radius 1 is 1.05 bits per heavy atom. The van der Waals surface area contributed by atoms with Crippen molar-refractivity contribution >= 4 is 11.0 Å². The first-order valence-corrected chi connectivity index (χ1v) is 5.75. The molecule has 3 rings (SSSR count). The summed E-state index contributed by atoms with van der Waals surface area (Å²) < 4.78 is 15.2. The Hall–Kier alpha value is -1.56. The summed E-state index contributed by atoms with van der Waals surface area (Å²) in [5.74, 6) is -0.245. The standard InChI is InChI=1S/C15H12FN2.HI/c1-18-10-14(11-5-4-6-12(16)9-11)17-13-7-2-3-8-15(13)18;/h2-10H,1H3;1H/q+1;/p-1. The Labute approximate surface area is 127 Å². The van der Waals surface area contributed by atoms with E-state index in [9.17, 15) is 4.39 Å². The van der Waals surface area contributed by atoms with Crippen molar-refractivity contribution in [2.45, 2.75) is 0 Å². The SMILES string of the molecule is C[n+]1cc(-c2cccc(F)c2)nc2ccccc21.[I-]. The maximum absolute atomic E-state index is 13.2. The Morgan fingerprint density at radius 2 is 1.84 bits per heavy atom. The van der Waals surface area contributed by atoms with Gasteiger partial charge in [-0.3, -0.25) is 0 Å². The van der Waals surface area contributed by atoms with E-state index in [1.807, 2.05) is 48.1 Å². The number of para-hydroxylation sites is 2. The van der Waals surface area contributed by atoms with E-state index in [-0.39, 0.29) is 29.8 Å². The van der Waals surface area contributed by atoms with Crippen molar-refractivity contribution in [3.8, 4) is 11.3 Å².